The van der Waals surface area contributed by atoms with E-state index < -0.39 is 17.7 Å². The van der Waals surface area contributed by atoms with Crippen LogP contribution in [0.15, 0.2) is 72.8 Å². The molecule has 0 aromatic heterocycles. The zero-order chi connectivity index (χ0) is 24.8. The lowest BCUT2D eigenvalue weighted by Crippen LogP contribution is -2.21. The number of rotatable bonds is 10. The van der Waals surface area contributed by atoms with Gasteiger partial charge in [-0.3, -0.25) is 4.79 Å². The third-order valence-electron chi connectivity index (χ3n) is 5.19. The first-order valence-corrected chi connectivity index (χ1v) is 11.2. The quantitative estimate of drug-likeness (QED) is 0.255. The van der Waals surface area contributed by atoms with E-state index in [1.165, 1.54) is 6.07 Å². The number of carbonyl (C=O) groups is 1. The van der Waals surface area contributed by atoms with Crippen LogP contribution in [0.1, 0.15) is 36.0 Å². The Kier molecular flexibility index (Phi) is 11.1. The summed E-state index contributed by atoms with van der Waals surface area (Å²) in [5.41, 5.74) is 8.55. The van der Waals surface area contributed by atoms with Crippen molar-refractivity contribution in [2.45, 2.75) is 25.7 Å². The molecule has 0 amide bonds. The predicted octanol–water partition coefficient (Wildman–Crippen LogP) is 4.79. The van der Waals surface area contributed by atoms with Crippen LogP contribution in [0, 0.1) is 17.1 Å². The summed E-state index contributed by atoms with van der Waals surface area (Å²) in [5.74, 6) is -1.84. The molecule has 1 atom stereocenters. The molecule has 3 rings (SSSR count). The topological polar surface area (TPSA) is 111 Å². The number of halogens is 1. The van der Waals surface area contributed by atoms with E-state index in [0.29, 0.717) is 12.2 Å². The molecular formula is C27H31FN4O2. The molecule has 5 N–H and O–H groups in total. The van der Waals surface area contributed by atoms with Gasteiger partial charge in [-0.05, 0) is 56.1 Å². The van der Waals surface area contributed by atoms with Gasteiger partial charge in [0.25, 0.3) is 0 Å². The van der Waals surface area contributed by atoms with Crippen LogP contribution >= 0.6 is 0 Å². The smallest absolute Gasteiger partial charge is 0.310 e. The molecule has 1 unspecified atom stereocenters. The van der Waals surface area contributed by atoms with Crippen molar-refractivity contribution in [1.82, 2.24) is 5.32 Å². The van der Waals surface area contributed by atoms with Crippen molar-refractivity contribution >= 4 is 17.3 Å². The molecule has 0 spiro atoms. The Morgan fingerprint density at radius 2 is 1.74 bits per heavy atom. The van der Waals surface area contributed by atoms with Crippen molar-refractivity contribution in [3.8, 4) is 6.07 Å². The van der Waals surface area contributed by atoms with E-state index in [2.05, 4.69) is 10.6 Å². The maximum absolute atomic E-state index is 13.5. The minimum Gasteiger partial charge on any atom is -0.481 e. The number of nitrogens with zero attached hydrogens (tertiary/aromatic N) is 1. The summed E-state index contributed by atoms with van der Waals surface area (Å²) in [6, 6.07) is 23.9. The number of nitrogen functional groups attached to an aromatic ring is 1. The van der Waals surface area contributed by atoms with Crippen LogP contribution in [-0.2, 0) is 11.2 Å². The summed E-state index contributed by atoms with van der Waals surface area (Å²) in [4.78, 5) is 11.1. The number of carboxylic acids is 1. The summed E-state index contributed by atoms with van der Waals surface area (Å²) < 4.78 is 13.5. The first kappa shape index (κ1) is 26.4. The molecule has 0 radical (unpaired) electrons. The van der Waals surface area contributed by atoms with E-state index in [1.54, 1.807) is 6.92 Å². The largest absolute Gasteiger partial charge is 0.481 e. The van der Waals surface area contributed by atoms with Crippen LogP contribution in [-0.4, -0.2) is 30.7 Å². The second kappa shape index (κ2) is 14.3. The van der Waals surface area contributed by atoms with Gasteiger partial charge in [0.05, 0.1) is 22.9 Å². The van der Waals surface area contributed by atoms with Crippen molar-refractivity contribution in [3.63, 3.8) is 0 Å². The van der Waals surface area contributed by atoms with E-state index >= 15 is 0 Å². The fourth-order valence-corrected chi connectivity index (χ4v) is 3.20. The van der Waals surface area contributed by atoms with E-state index in [1.807, 2.05) is 66.7 Å². The average molecular weight is 463 g/mol. The van der Waals surface area contributed by atoms with Gasteiger partial charge < -0.3 is 21.5 Å². The standard InChI is InChI=1S/C21H25FN4O2.C6H6/c1-14(21(27)28)16-5-2-4-15(10-16)6-9-25-7-3-8-26-19-12-18(22)11-17(13-23)20(19)24;1-2-4-6-5-3-1/h2,4-5,10-12,14,25-26H,3,6-9,24H2,1H3,(H,27,28);1-6H. The average Bonchev–Trinajstić information content (AvgIpc) is 2.86. The molecule has 34 heavy (non-hydrogen) atoms. The minimum atomic E-state index is -0.830. The van der Waals surface area contributed by atoms with Crippen LogP contribution in [0.25, 0.3) is 0 Å². The molecular weight excluding hydrogens is 431 g/mol. The molecule has 0 aliphatic carbocycles. The van der Waals surface area contributed by atoms with Crippen LogP contribution in [0.2, 0.25) is 0 Å². The number of hydrogen-bond donors (Lipinski definition) is 4. The van der Waals surface area contributed by atoms with E-state index in [-0.39, 0.29) is 11.3 Å². The Labute approximate surface area is 200 Å². The summed E-state index contributed by atoms with van der Waals surface area (Å²) in [7, 11) is 0. The number of nitrogens with two attached hydrogens (primary N) is 1. The fraction of sp³-hybridized carbons (Fsp3) is 0.259. The summed E-state index contributed by atoms with van der Waals surface area (Å²) in [6.07, 6.45) is 1.60. The number of hydrogen-bond acceptors (Lipinski definition) is 5. The lowest BCUT2D eigenvalue weighted by Gasteiger charge is -2.11. The fourth-order valence-electron chi connectivity index (χ4n) is 3.20. The highest BCUT2D eigenvalue weighted by molar-refractivity contribution is 5.75. The molecule has 0 heterocycles. The van der Waals surface area contributed by atoms with Crippen LogP contribution in [0.4, 0.5) is 15.8 Å². The highest BCUT2D eigenvalue weighted by Gasteiger charge is 2.13. The highest BCUT2D eigenvalue weighted by Crippen LogP contribution is 2.24. The van der Waals surface area contributed by atoms with Crippen LogP contribution < -0.4 is 16.4 Å². The van der Waals surface area contributed by atoms with Gasteiger partial charge in [-0.25, -0.2) is 4.39 Å². The molecule has 6 nitrogen and oxygen atoms in total. The SMILES string of the molecule is CC(C(=O)O)c1cccc(CCNCCCNc2cc(F)cc(C#N)c2N)c1.c1ccccc1. The summed E-state index contributed by atoms with van der Waals surface area (Å²) >= 11 is 0. The molecule has 0 saturated carbocycles. The summed E-state index contributed by atoms with van der Waals surface area (Å²) in [6.45, 7) is 3.80. The predicted molar refractivity (Wildman–Crippen MR) is 134 cm³/mol. The number of carboxylic acid groups (broad SMARTS) is 1. The van der Waals surface area contributed by atoms with Crippen molar-refractivity contribution < 1.29 is 14.3 Å². The van der Waals surface area contributed by atoms with Gasteiger partial charge in [0, 0.05) is 6.54 Å². The molecule has 0 aliphatic rings. The number of nitrogens with one attached hydrogen (secondary N) is 2. The Balaban J connectivity index is 0.000000589. The lowest BCUT2D eigenvalue weighted by atomic mass is 9.98. The molecule has 7 heteroatoms. The Morgan fingerprint density at radius 1 is 1.06 bits per heavy atom. The van der Waals surface area contributed by atoms with Crippen LogP contribution in [0.5, 0.6) is 0 Å². The zero-order valence-corrected chi connectivity index (χ0v) is 19.3. The van der Waals surface area contributed by atoms with Crippen molar-refractivity contribution in [2.75, 3.05) is 30.7 Å². The number of benzene rings is 3. The lowest BCUT2D eigenvalue weighted by molar-refractivity contribution is -0.138. The second-order valence-corrected chi connectivity index (χ2v) is 7.77. The van der Waals surface area contributed by atoms with Gasteiger partial charge in [-0.2, -0.15) is 5.26 Å². The van der Waals surface area contributed by atoms with E-state index in [9.17, 15) is 9.18 Å². The first-order chi connectivity index (χ1) is 16.4. The van der Waals surface area contributed by atoms with Gasteiger partial charge >= 0.3 is 5.97 Å². The van der Waals surface area contributed by atoms with E-state index in [4.69, 9.17) is 16.1 Å². The van der Waals surface area contributed by atoms with Crippen molar-refractivity contribution in [3.05, 3.63) is 95.3 Å². The van der Waals surface area contributed by atoms with Gasteiger partial charge in [0.2, 0.25) is 0 Å². The van der Waals surface area contributed by atoms with E-state index in [0.717, 1.165) is 43.1 Å². The molecule has 0 saturated heterocycles. The maximum atomic E-state index is 13.5. The van der Waals surface area contributed by atoms with Gasteiger partial charge in [0.1, 0.15) is 11.9 Å². The third-order valence-corrected chi connectivity index (χ3v) is 5.19. The van der Waals surface area contributed by atoms with Gasteiger partial charge in [0.15, 0.2) is 0 Å². The first-order valence-electron chi connectivity index (χ1n) is 11.2. The number of anilines is 2. The molecule has 0 aliphatic heterocycles. The monoisotopic (exact) mass is 462 g/mol. The Morgan fingerprint density at radius 3 is 2.35 bits per heavy atom. The molecule has 3 aromatic rings. The second-order valence-electron chi connectivity index (χ2n) is 7.77. The normalized spacial score (nSPS) is 11.0. The molecule has 0 fully saturated rings. The minimum absolute atomic E-state index is 0.125. The number of nitriles is 1. The van der Waals surface area contributed by atoms with Crippen molar-refractivity contribution in [1.29, 1.82) is 5.26 Å². The number of aliphatic carboxylic acids is 1. The third kappa shape index (κ3) is 8.93. The molecule has 0 bridgehead atoms. The summed E-state index contributed by atoms with van der Waals surface area (Å²) in [5, 5.41) is 24.4. The molecule has 178 valence electrons. The van der Waals surface area contributed by atoms with Gasteiger partial charge in [-0.15, -0.1) is 0 Å². The van der Waals surface area contributed by atoms with Gasteiger partial charge in [-0.1, -0.05) is 60.7 Å². The maximum Gasteiger partial charge on any atom is 0.310 e. The zero-order valence-electron chi connectivity index (χ0n) is 19.3. The Hall–Kier alpha value is -3.89. The van der Waals surface area contributed by atoms with Crippen LogP contribution in [0.3, 0.4) is 0 Å². The molecule has 3 aromatic carbocycles. The highest BCUT2D eigenvalue weighted by atomic mass is 19.1. The van der Waals surface area contributed by atoms with Crippen molar-refractivity contribution in [2.24, 2.45) is 0 Å². The Bertz CT molecular complexity index is 1060.